The van der Waals surface area contributed by atoms with Gasteiger partial charge in [-0.3, -0.25) is 9.69 Å². The highest BCUT2D eigenvalue weighted by molar-refractivity contribution is 6.18. The van der Waals surface area contributed by atoms with Crippen LogP contribution in [0, 0.1) is 5.82 Å². The highest BCUT2D eigenvalue weighted by atomic mass is 35.5. The van der Waals surface area contributed by atoms with E-state index in [1.165, 1.54) is 11.0 Å². The monoisotopic (exact) mass is 432 g/mol. The minimum atomic E-state index is -1.38. The zero-order valence-electron chi connectivity index (χ0n) is 16.5. The first kappa shape index (κ1) is 19.8. The number of ether oxygens (including phenoxy) is 2. The summed E-state index contributed by atoms with van der Waals surface area (Å²) in [5, 5.41) is 0. The van der Waals surface area contributed by atoms with Crippen molar-refractivity contribution in [3.8, 4) is 0 Å². The molecule has 0 unspecified atom stereocenters. The van der Waals surface area contributed by atoms with E-state index in [0.717, 1.165) is 37.4 Å². The first-order valence-electron chi connectivity index (χ1n) is 10.2. The Hall–Kier alpha value is -2.19. The molecule has 1 spiro atoms. The molecule has 3 aliphatic heterocycles. The Morgan fingerprint density at radius 1 is 1.10 bits per heavy atom. The highest BCUT2D eigenvalue weighted by Crippen LogP contribution is 2.46. The maximum absolute atomic E-state index is 14.1. The molecule has 0 bridgehead atoms. The van der Waals surface area contributed by atoms with Crippen LogP contribution in [0.2, 0.25) is 0 Å². The number of carbonyl (C=O) groups excluding carboxylic acids is 1. The molecule has 2 saturated heterocycles. The smallest absolute Gasteiger partial charge is 0.296 e. The number of alkyl halides is 1. The number of para-hydroxylation sites is 2. The molecule has 3 heterocycles. The van der Waals surface area contributed by atoms with E-state index in [4.69, 9.17) is 21.1 Å². The Kier molecular flexibility index (Phi) is 5.14. The van der Waals surface area contributed by atoms with Gasteiger partial charge in [-0.25, -0.2) is 4.39 Å². The summed E-state index contributed by atoms with van der Waals surface area (Å²) in [5.41, 5.74) is 2.20. The molecule has 0 radical (unpaired) electrons. The summed E-state index contributed by atoms with van der Waals surface area (Å²) in [5.74, 6) is -1.50. The number of hydrogen-bond donors (Lipinski definition) is 1. The van der Waals surface area contributed by atoms with Gasteiger partial charge in [-0.1, -0.05) is 30.3 Å². The number of benzene rings is 2. The summed E-state index contributed by atoms with van der Waals surface area (Å²) >= 11 is 5.95. The Morgan fingerprint density at radius 2 is 1.80 bits per heavy atom. The molecule has 158 valence electrons. The fourth-order valence-corrected chi connectivity index (χ4v) is 4.69. The van der Waals surface area contributed by atoms with E-state index in [0.29, 0.717) is 19.0 Å². The predicted octanol–water partition coefficient (Wildman–Crippen LogP) is 1.34. The number of hydrogen-bond acceptors (Lipinski definition) is 4. The molecule has 8 heteroatoms. The molecule has 2 atom stereocenters. The van der Waals surface area contributed by atoms with Gasteiger partial charge in [0, 0.05) is 5.56 Å². The number of quaternary nitrogens is 1. The van der Waals surface area contributed by atoms with Gasteiger partial charge in [-0.2, -0.15) is 0 Å². The van der Waals surface area contributed by atoms with Crippen LogP contribution in [0.4, 0.5) is 15.8 Å². The fraction of sp³-hybridized carbons (Fsp3) is 0.409. The zero-order valence-corrected chi connectivity index (χ0v) is 17.3. The summed E-state index contributed by atoms with van der Waals surface area (Å²) < 4.78 is 26.0. The third kappa shape index (κ3) is 3.17. The quantitative estimate of drug-likeness (QED) is 0.741. The molecule has 1 N–H and O–H groups in total. The Morgan fingerprint density at radius 3 is 2.50 bits per heavy atom. The fourth-order valence-electron chi connectivity index (χ4n) is 4.54. The van der Waals surface area contributed by atoms with Gasteiger partial charge in [0.2, 0.25) is 0 Å². The third-order valence-corrected chi connectivity index (χ3v) is 6.44. The van der Waals surface area contributed by atoms with Crippen LogP contribution in [0.15, 0.2) is 48.5 Å². The van der Waals surface area contributed by atoms with Crippen LogP contribution in [-0.2, 0) is 20.1 Å². The van der Waals surface area contributed by atoms with Gasteiger partial charge < -0.3 is 19.3 Å². The summed E-state index contributed by atoms with van der Waals surface area (Å²) in [7, 11) is 0. The van der Waals surface area contributed by atoms with Crippen LogP contribution in [0.3, 0.4) is 0 Å². The summed E-state index contributed by atoms with van der Waals surface area (Å²) in [4.78, 5) is 18.5. The molecule has 0 aliphatic carbocycles. The number of fused-ring (bicyclic) bond motifs is 2. The standard InChI is InChI=1S/C22H23ClFN3O3/c23-13-16-14-29-22(30-16)17-5-1-3-7-19(17)27(21(22)28)15-25-9-11-26(12-10-25)20-8-4-2-6-18(20)24/h1-8,16H,9-15H2/p+1/t16-,22-/m0/s1. The largest absolute Gasteiger partial charge is 0.358 e. The number of rotatable bonds is 4. The molecule has 2 aromatic carbocycles. The number of halogens is 2. The average Bonchev–Trinajstić information content (AvgIpc) is 3.32. The van der Waals surface area contributed by atoms with E-state index >= 15 is 0 Å². The van der Waals surface area contributed by atoms with E-state index in [9.17, 15) is 9.18 Å². The number of nitrogens with zero attached hydrogens (tertiary/aromatic N) is 2. The van der Waals surface area contributed by atoms with Crippen LogP contribution in [0.1, 0.15) is 5.56 Å². The summed E-state index contributed by atoms with van der Waals surface area (Å²) in [6.45, 7) is 3.88. The summed E-state index contributed by atoms with van der Waals surface area (Å²) in [6.07, 6.45) is -0.305. The van der Waals surface area contributed by atoms with Crippen molar-refractivity contribution < 1.29 is 23.6 Å². The molecular weight excluding hydrogens is 409 g/mol. The van der Waals surface area contributed by atoms with Gasteiger partial charge in [-0.05, 0) is 18.2 Å². The molecule has 3 aliphatic rings. The first-order chi connectivity index (χ1) is 14.6. The lowest BCUT2D eigenvalue weighted by molar-refractivity contribution is -0.899. The number of amides is 1. The normalized spacial score (nSPS) is 26.6. The van der Waals surface area contributed by atoms with Gasteiger partial charge in [0.1, 0.15) is 5.82 Å². The topological polar surface area (TPSA) is 46.5 Å². The maximum Gasteiger partial charge on any atom is 0.296 e. The number of nitrogens with one attached hydrogen (secondary N) is 1. The predicted molar refractivity (Wildman–Crippen MR) is 111 cm³/mol. The van der Waals surface area contributed by atoms with Crippen LogP contribution in [-0.4, -0.2) is 57.3 Å². The summed E-state index contributed by atoms with van der Waals surface area (Å²) in [6, 6.07) is 14.5. The maximum atomic E-state index is 14.1. The minimum absolute atomic E-state index is 0.194. The van der Waals surface area contributed by atoms with Crippen molar-refractivity contribution in [2.75, 3.05) is 55.1 Å². The molecule has 1 amide bonds. The van der Waals surface area contributed by atoms with Crippen LogP contribution >= 0.6 is 11.6 Å². The lowest BCUT2D eigenvalue weighted by Gasteiger charge is -2.35. The van der Waals surface area contributed by atoms with Crippen molar-refractivity contribution in [3.05, 3.63) is 59.9 Å². The Labute approximate surface area is 179 Å². The first-order valence-corrected chi connectivity index (χ1v) is 10.8. The zero-order chi connectivity index (χ0) is 20.7. The van der Waals surface area contributed by atoms with Crippen LogP contribution in [0.25, 0.3) is 0 Å². The van der Waals surface area contributed by atoms with Gasteiger partial charge in [-0.15, -0.1) is 11.6 Å². The average molecular weight is 433 g/mol. The van der Waals surface area contributed by atoms with Gasteiger partial charge >= 0.3 is 0 Å². The Bertz CT molecular complexity index is 953. The molecule has 0 aromatic heterocycles. The van der Waals surface area contributed by atoms with E-state index in [-0.39, 0.29) is 23.7 Å². The van der Waals surface area contributed by atoms with Gasteiger partial charge in [0.15, 0.2) is 6.67 Å². The van der Waals surface area contributed by atoms with Crippen molar-refractivity contribution in [1.29, 1.82) is 0 Å². The van der Waals surface area contributed by atoms with E-state index in [1.807, 2.05) is 36.4 Å². The van der Waals surface area contributed by atoms with E-state index in [2.05, 4.69) is 4.90 Å². The van der Waals surface area contributed by atoms with Gasteiger partial charge in [0.05, 0.1) is 56.1 Å². The van der Waals surface area contributed by atoms with Crippen molar-refractivity contribution in [1.82, 2.24) is 0 Å². The number of anilines is 2. The lowest BCUT2D eigenvalue weighted by Crippen LogP contribution is -3.16. The van der Waals surface area contributed by atoms with Crippen molar-refractivity contribution in [2.24, 2.45) is 0 Å². The second kappa shape index (κ2) is 7.81. The minimum Gasteiger partial charge on any atom is -0.358 e. The van der Waals surface area contributed by atoms with E-state index < -0.39 is 5.79 Å². The highest BCUT2D eigenvalue weighted by Gasteiger charge is 2.58. The molecule has 30 heavy (non-hydrogen) atoms. The number of carbonyl (C=O) groups is 1. The van der Waals surface area contributed by atoms with Crippen molar-refractivity contribution in [2.45, 2.75) is 11.9 Å². The van der Waals surface area contributed by atoms with Crippen LogP contribution in [0.5, 0.6) is 0 Å². The molecule has 2 fully saturated rings. The van der Waals surface area contributed by atoms with E-state index in [1.54, 1.807) is 11.0 Å². The lowest BCUT2D eigenvalue weighted by atomic mass is 10.1. The third-order valence-electron chi connectivity index (χ3n) is 6.10. The number of piperazine rings is 1. The molecule has 6 nitrogen and oxygen atoms in total. The second-order valence-corrected chi connectivity index (χ2v) is 8.23. The SMILES string of the molecule is O=C1N(C[NH+]2CCN(c3ccccc3F)CC2)c2ccccc2[C@@]12OC[C@H](CCl)O2. The molecular formula is C22H24ClFN3O3+. The molecule has 0 saturated carbocycles. The van der Waals surface area contributed by atoms with Crippen molar-refractivity contribution >= 4 is 28.9 Å². The van der Waals surface area contributed by atoms with Crippen molar-refractivity contribution in [3.63, 3.8) is 0 Å². The molecule has 5 rings (SSSR count). The van der Waals surface area contributed by atoms with Gasteiger partial charge in [0.25, 0.3) is 11.7 Å². The molecule has 2 aromatic rings. The Balaban J connectivity index is 1.31. The van der Waals surface area contributed by atoms with Crippen LogP contribution < -0.4 is 14.7 Å². The second-order valence-electron chi connectivity index (χ2n) is 7.92.